The van der Waals surface area contributed by atoms with Crippen molar-refractivity contribution in [1.82, 2.24) is 4.90 Å². The second-order valence-electron chi connectivity index (χ2n) is 8.17. The van der Waals surface area contributed by atoms with Crippen LogP contribution in [0.25, 0.3) is 5.76 Å². The van der Waals surface area contributed by atoms with Crippen molar-refractivity contribution in [3.63, 3.8) is 0 Å². The Morgan fingerprint density at radius 1 is 1.24 bits per heavy atom. The van der Waals surface area contributed by atoms with Crippen LogP contribution in [0.15, 0.2) is 46.6 Å². The Kier molecular flexibility index (Phi) is 5.55. The number of benzene rings is 1. The maximum absolute atomic E-state index is 12.8. The van der Waals surface area contributed by atoms with Gasteiger partial charge in [0.2, 0.25) is 0 Å². The highest BCUT2D eigenvalue weighted by Crippen LogP contribution is 2.41. The largest absolute Gasteiger partial charge is 0.507 e. The van der Waals surface area contributed by atoms with Gasteiger partial charge in [-0.1, -0.05) is 27.7 Å². The topological polar surface area (TPSA) is 80.0 Å². The molecular weight excluding hydrogens is 370 g/mol. The average Bonchev–Trinajstić information content (AvgIpc) is 3.29. The molecule has 2 heterocycles. The van der Waals surface area contributed by atoms with Crippen LogP contribution in [0.2, 0.25) is 0 Å². The van der Waals surface area contributed by atoms with E-state index in [4.69, 9.17) is 9.15 Å². The number of carbonyl (C=O) groups is 2. The quantitative estimate of drug-likeness (QED) is 0.459. The van der Waals surface area contributed by atoms with Gasteiger partial charge in [-0.15, -0.1) is 0 Å². The number of nitrogens with zero attached hydrogens (tertiary/aromatic N) is 1. The Bertz CT molecular complexity index is 950. The maximum Gasteiger partial charge on any atom is 0.295 e. The minimum absolute atomic E-state index is 0.0448. The molecule has 0 radical (unpaired) electrons. The second kappa shape index (κ2) is 7.78. The lowest BCUT2D eigenvalue weighted by molar-refractivity contribution is -0.140. The van der Waals surface area contributed by atoms with Gasteiger partial charge in [-0.2, -0.15) is 0 Å². The summed E-state index contributed by atoms with van der Waals surface area (Å²) in [5.41, 5.74) is 1.16. The fourth-order valence-electron chi connectivity index (χ4n) is 3.69. The number of hydrogen-bond donors (Lipinski definition) is 1. The predicted octanol–water partition coefficient (Wildman–Crippen LogP) is 4.42. The van der Waals surface area contributed by atoms with Crippen LogP contribution in [-0.2, 0) is 15.0 Å². The number of ether oxygens (including phenoxy) is 1. The first-order chi connectivity index (χ1) is 13.7. The molecule has 6 nitrogen and oxygen atoms in total. The lowest BCUT2D eigenvalue weighted by Crippen LogP contribution is -2.30. The second-order valence-corrected chi connectivity index (χ2v) is 8.17. The van der Waals surface area contributed by atoms with E-state index in [1.807, 2.05) is 27.7 Å². The summed E-state index contributed by atoms with van der Waals surface area (Å²) in [6.45, 7) is 8.44. The van der Waals surface area contributed by atoms with Gasteiger partial charge in [-0.25, -0.2) is 0 Å². The summed E-state index contributed by atoms with van der Waals surface area (Å²) in [4.78, 5) is 26.9. The maximum atomic E-state index is 12.8. The molecule has 1 N–H and O–H groups in total. The molecule has 1 atom stereocenters. The van der Waals surface area contributed by atoms with E-state index in [9.17, 15) is 14.7 Å². The molecule has 1 unspecified atom stereocenters. The summed E-state index contributed by atoms with van der Waals surface area (Å²) in [5.74, 6) is -0.395. The number of carbonyl (C=O) groups excluding carboxylic acids is 2. The molecule has 1 aliphatic heterocycles. The molecule has 3 rings (SSSR count). The average molecular weight is 397 g/mol. The van der Waals surface area contributed by atoms with Crippen LogP contribution in [0, 0.1) is 0 Å². The molecular formula is C23H27NO5. The fourth-order valence-corrected chi connectivity index (χ4v) is 3.69. The number of rotatable bonds is 5. The summed E-state index contributed by atoms with van der Waals surface area (Å²) < 4.78 is 11.0. The van der Waals surface area contributed by atoms with E-state index >= 15 is 0 Å². The zero-order valence-electron chi connectivity index (χ0n) is 17.5. The Hall–Kier alpha value is -3.02. The number of ketones is 1. The lowest BCUT2D eigenvalue weighted by atomic mass is 9.84. The van der Waals surface area contributed by atoms with E-state index in [0.717, 1.165) is 5.56 Å². The molecule has 1 saturated heterocycles. The minimum atomic E-state index is -0.745. The van der Waals surface area contributed by atoms with Gasteiger partial charge in [0.05, 0.1) is 18.9 Å². The van der Waals surface area contributed by atoms with Crippen molar-refractivity contribution in [2.75, 3.05) is 13.7 Å². The van der Waals surface area contributed by atoms with Gasteiger partial charge >= 0.3 is 0 Å². The van der Waals surface area contributed by atoms with Gasteiger partial charge in [-0.3, -0.25) is 9.59 Å². The molecule has 1 aromatic heterocycles. The third-order valence-corrected chi connectivity index (χ3v) is 5.10. The molecule has 0 bridgehead atoms. The number of methoxy groups -OCH3 is 1. The highest BCUT2D eigenvalue weighted by Gasteiger charge is 2.47. The molecule has 1 amide bonds. The first kappa shape index (κ1) is 20.7. The van der Waals surface area contributed by atoms with Gasteiger partial charge < -0.3 is 19.2 Å². The number of Topliss-reactive ketones (excluding diaryl/α,β-unsaturated/α-hetero) is 1. The number of aliphatic hydroxyl groups excluding tert-OH is 1. The van der Waals surface area contributed by atoms with Crippen LogP contribution in [0.3, 0.4) is 0 Å². The molecule has 2 aromatic rings. The van der Waals surface area contributed by atoms with E-state index in [-0.39, 0.29) is 16.7 Å². The van der Waals surface area contributed by atoms with Crippen molar-refractivity contribution in [3.05, 3.63) is 59.1 Å². The molecule has 154 valence electrons. The third kappa shape index (κ3) is 3.67. The van der Waals surface area contributed by atoms with Crippen molar-refractivity contribution in [2.45, 2.75) is 45.6 Å². The Morgan fingerprint density at radius 3 is 2.52 bits per heavy atom. The van der Waals surface area contributed by atoms with Gasteiger partial charge in [0.15, 0.2) is 0 Å². The molecule has 0 aliphatic carbocycles. The number of furan rings is 1. The molecule has 29 heavy (non-hydrogen) atoms. The van der Waals surface area contributed by atoms with Crippen molar-refractivity contribution >= 4 is 17.4 Å². The normalized spacial score (nSPS) is 19.1. The van der Waals surface area contributed by atoms with Crippen LogP contribution < -0.4 is 4.74 Å². The zero-order valence-corrected chi connectivity index (χ0v) is 17.5. The standard InChI is InChI=1S/C23H27NO5/c1-6-11-24-19(17-8-7-12-29-17)18(21(26)22(24)27)20(25)14-9-10-16(28-5)15(13-14)23(2,3)4/h7-10,12-13,19,25H,6,11H2,1-5H3/b20-18-. The Morgan fingerprint density at radius 2 is 1.97 bits per heavy atom. The van der Waals surface area contributed by atoms with Crippen LogP contribution in [0.5, 0.6) is 5.75 Å². The van der Waals surface area contributed by atoms with Gasteiger partial charge in [0, 0.05) is 17.7 Å². The van der Waals surface area contributed by atoms with Gasteiger partial charge in [0.25, 0.3) is 11.7 Å². The Balaban J connectivity index is 2.20. The first-order valence-corrected chi connectivity index (χ1v) is 9.71. The van der Waals surface area contributed by atoms with E-state index in [2.05, 4.69) is 0 Å². The minimum Gasteiger partial charge on any atom is -0.507 e. The predicted molar refractivity (Wildman–Crippen MR) is 110 cm³/mol. The van der Waals surface area contributed by atoms with Gasteiger partial charge in [-0.05, 0) is 42.2 Å². The SMILES string of the molecule is CCCN1C(=O)C(=O)/C(=C(\O)c2ccc(OC)c(C(C)(C)C)c2)C1c1ccco1. The van der Waals surface area contributed by atoms with Gasteiger partial charge in [0.1, 0.15) is 23.3 Å². The van der Waals surface area contributed by atoms with E-state index in [1.165, 1.54) is 11.2 Å². The summed E-state index contributed by atoms with van der Waals surface area (Å²) in [5, 5.41) is 11.1. The molecule has 1 aromatic carbocycles. The van der Waals surface area contributed by atoms with E-state index < -0.39 is 17.7 Å². The first-order valence-electron chi connectivity index (χ1n) is 9.71. The number of likely N-dealkylation sites (tertiary alicyclic amines) is 1. The van der Waals surface area contributed by atoms with Crippen molar-refractivity contribution in [3.8, 4) is 5.75 Å². The fraction of sp³-hybridized carbons (Fsp3) is 0.391. The Labute approximate surface area is 170 Å². The summed E-state index contributed by atoms with van der Waals surface area (Å²) >= 11 is 0. The number of aliphatic hydroxyl groups is 1. The molecule has 1 fully saturated rings. The van der Waals surface area contributed by atoms with Crippen LogP contribution >= 0.6 is 0 Å². The van der Waals surface area contributed by atoms with Crippen LogP contribution in [-0.4, -0.2) is 35.4 Å². The monoisotopic (exact) mass is 397 g/mol. The van der Waals surface area contributed by atoms with Crippen molar-refractivity contribution < 1.29 is 23.8 Å². The van der Waals surface area contributed by atoms with E-state index in [0.29, 0.717) is 30.0 Å². The number of hydrogen-bond acceptors (Lipinski definition) is 5. The molecule has 0 spiro atoms. The van der Waals surface area contributed by atoms with Crippen LogP contribution in [0.4, 0.5) is 0 Å². The molecule has 6 heteroatoms. The third-order valence-electron chi connectivity index (χ3n) is 5.10. The van der Waals surface area contributed by atoms with E-state index in [1.54, 1.807) is 37.4 Å². The highest BCUT2D eigenvalue weighted by atomic mass is 16.5. The highest BCUT2D eigenvalue weighted by molar-refractivity contribution is 6.46. The number of amides is 1. The van der Waals surface area contributed by atoms with Crippen LogP contribution in [0.1, 0.15) is 57.0 Å². The zero-order chi connectivity index (χ0) is 21.3. The molecule has 0 saturated carbocycles. The molecule has 1 aliphatic rings. The summed E-state index contributed by atoms with van der Waals surface area (Å²) in [7, 11) is 1.59. The van der Waals surface area contributed by atoms with Crippen molar-refractivity contribution in [1.29, 1.82) is 0 Å². The smallest absolute Gasteiger partial charge is 0.295 e. The summed E-state index contributed by atoms with van der Waals surface area (Å²) in [6.07, 6.45) is 2.17. The van der Waals surface area contributed by atoms with Crippen molar-refractivity contribution in [2.24, 2.45) is 0 Å². The summed E-state index contributed by atoms with van der Waals surface area (Å²) in [6, 6.07) is 7.93. The lowest BCUT2D eigenvalue weighted by Gasteiger charge is -2.24.